The lowest BCUT2D eigenvalue weighted by Gasteiger charge is -2.20. The fraction of sp³-hybridized carbons (Fsp3) is 0.250. The topological polar surface area (TPSA) is 12.0 Å². The van der Waals surface area contributed by atoms with E-state index in [4.69, 9.17) is 11.6 Å². The number of hydrogen-bond donors (Lipinski definition) is 1. The maximum atomic E-state index is 13.8. The van der Waals surface area contributed by atoms with Gasteiger partial charge in [0.1, 0.15) is 5.82 Å². The van der Waals surface area contributed by atoms with Gasteiger partial charge in [-0.1, -0.05) is 36.7 Å². The molecule has 0 aliphatic carbocycles. The van der Waals surface area contributed by atoms with Crippen molar-refractivity contribution in [2.45, 2.75) is 19.4 Å². The fourth-order valence-electron chi connectivity index (χ4n) is 2.23. The van der Waals surface area contributed by atoms with Crippen LogP contribution in [0.5, 0.6) is 0 Å². The minimum absolute atomic E-state index is 0.121. The van der Waals surface area contributed by atoms with Gasteiger partial charge in [-0.3, -0.25) is 0 Å². The summed E-state index contributed by atoms with van der Waals surface area (Å²) in [5.74, 6) is -2.30. The highest BCUT2D eigenvalue weighted by Crippen LogP contribution is 2.28. The van der Waals surface area contributed by atoms with Crippen LogP contribution in [0.4, 0.5) is 13.2 Å². The highest BCUT2D eigenvalue weighted by molar-refractivity contribution is 6.31. The molecule has 0 saturated carbocycles. The van der Waals surface area contributed by atoms with Crippen molar-refractivity contribution in [3.8, 4) is 0 Å². The van der Waals surface area contributed by atoms with Crippen LogP contribution < -0.4 is 5.32 Å². The zero-order valence-corrected chi connectivity index (χ0v) is 12.2. The van der Waals surface area contributed by atoms with Gasteiger partial charge in [0.15, 0.2) is 11.6 Å². The molecule has 2 aromatic carbocycles. The first kappa shape index (κ1) is 15.9. The summed E-state index contributed by atoms with van der Waals surface area (Å²) in [5, 5.41) is 3.24. The molecular weight excluding hydrogens is 299 g/mol. The largest absolute Gasteiger partial charge is 0.310 e. The van der Waals surface area contributed by atoms with Crippen LogP contribution in [0.2, 0.25) is 5.02 Å². The van der Waals surface area contributed by atoms with Crippen LogP contribution in [0.1, 0.15) is 24.1 Å². The second-order valence-electron chi connectivity index (χ2n) is 4.69. The molecule has 5 heteroatoms. The summed E-state index contributed by atoms with van der Waals surface area (Å²) in [4.78, 5) is 0. The van der Waals surface area contributed by atoms with Crippen LogP contribution >= 0.6 is 11.6 Å². The van der Waals surface area contributed by atoms with E-state index in [1.54, 1.807) is 18.2 Å². The van der Waals surface area contributed by atoms with Crippen molar-refractivity contribution in [2.24, 2.45) is 0 Å². The van der Waals surface area contributed by atoms with Crippen molar-refractivity contribution in [3.05, 3.63) is 70.0 Å². The van der Waals surface area contributed by atoms with Gasteiger partial charge in [-0.15, -0.1) is 0 Å². The molecule has 0 spiro atoms. The number of likely N-dealkylation sites (N-methyl/N-ethyl adjacent to an activating group) is 1. The van der Waals surface area contributed by atoms with Crippen molar-refractivity contribution < 1.29 is 13.2 Å². The average molecular weight is 314 g/mol. The summed E-state index contributed by atoms with van der Waals surface area (Å²) in [7, 11) is 0. The van der Waals surface area contributed by atoms with Crippen LogP contribution in [0, 0.1) is 17.5 Å². The van der Waals surface area contributed by atoms with E-state index in [1.807, 2.05) is 6.92 Å². The fourth-order valence-corrected chi connectivity index (χ4v) is 2.51. The number of benzene rings is 2. The Morgan fingerprint density at radius 2 is 1.71 bits per heavy atom. The van der Waals surface area contributed by atoms with Gasteiger partial charge in [0.25, 0.3) is 0 Å². The van der Waals surface area contributed by atoms with Crippen LogP contribution in [0.3, 0.4) is 0 Å². The number of rotatable bonds is 5. The van der Waals surface area contributed by atoms with E-state index in [1.165, 1.54) is 6.07 Å². The molecule has 1 unspecified atom stereocenters. The van der Waals surface area contributed by atoms with E-state index in [0.717, 1.165) is 12.1 Å². The number of halogens is 4. The first-order valence-electron chi connectivity index (χ1n) is 6.64. The van der Waals surface area contributed by atoms with E-state index in [-0.39, 0.29) is 10.8 Å². The molecule has 21 heavy (non-hydrogen) atoms. The third kappa shape index (κ3) is 3.77. The summed E-state index contributed by atoms with van der Waals surface area (Å²) < 4.78 is 40.4. The second-order valence-corrected chi connectivity index (χ2v) is 5.10. The van der Waals surface area contributed by atoms with Gasteiger partial charge >= 0.3 is 0 Å². The number of nitrogens with one attached hydrogen (secondary N) is 1. The Morgan fingerprint density at radius 1 is 1.05 bits per heavy atom. The highest BCUT2D eigenvalue weighted by Gasteiger charge is 2.19. The molecule has 112 valence electrons. The van der Waals surface area contributed by atoms with E-state index in [2.05, 4.69) is 5.32 Å². The van der Waals surface area contributed by atoms with Gasteiger partial charge in [0.2, 0.25) is 0 Å². The summed E-state index contributed by atoms with van der Waals surface area (Å²) in [5.41, 5.74) is 0.907. The van der Waals surface area contributed by atoms with Crippen molar-refractivity contribution in [2.75, 3.05) is 6.54 Å². The predicted octanol–water partition coefficient (Wildman–Crippen LogP) is 4.65. The van der Waals surface area contributed by atoms with Crippen LogP contribution in [0.15, 0.2) is 36.4 Å². The summed E-state index contributed by atoms with van der Waals surface area (Å²) in [6, 6.07) is 7.97. The maximum absolute atomic E-state index is 13.8. The minimum atomic E-state index is -0.995. The first-order valence-corrected chi connectivity index (χ1v) is 7.02. The standard InChI is InChI=1S/C16H15ClF3N/c1-2-21-16(7-10-5-3-4-6-13(10)18)11-8-14(19)15(20)9-12(11)17/h3-6,8-9,16,21H,2,7H2,1H3. The molecule has 0 saturated heterocycles. The minimum Gasteiger partial charge on any atom is -0.310 e. The molecular formula is C16H15ClF3N. The molecule has 0 fully saturated rings. The summed E-state index contributed by atoms with van der Waals surface area (Å²) in [6.45, 7) is 2.47. The van der Waals surface area contributed by atoms with E-state index >= 15 is 0 Å². The molecule has 1 atom stereocenters. The lowest BCUT2D eigenvalue weighted by molar-refractivity contribution is 0.494. The SMILES string of the molecule is CCNC(Cc1ccccc1F)c1cc(F)c(F)cc1Cl. The van der Waals surface area contributed by atoms with Gasteiger partial charge in [-0.05, 0) is 42.3 Å². The second kappa shape index (κ2) is 6.96. The molecule has 0 radical (unpaired) electrons. The Bertz CT molecular complexity index is 631. The zero-order chi connectivity index (χ0) is 15.4. The van der Waals surface area contributed by atoms with Gasteiger partial charge in [-0.2, -0.15) is 0 Å². The lowest BCUT2D eigenvalue weighted by atomic mass is 9.98. The normalized spacial score (nSPS) is 12.4. The summed E-state index contributed by atoms with van der Waals surface area (Å²) in [6.07, 6.45) is 0.297. The third-order valence-corrected chi connectivity index (χ3v) is 3.57. The maximum Gasteiger partial charge on any atom is 0.160 e. The molecule has 0 bridgehead atoms. The van der Waals surface area contributed by atoms with Crippen molar-refractivity contribution in [3.63, 3.8) is 0 Å². The smallest absolute Gasteiger partial charge is 0.160 e. The van der Waals surface area contributed by atoms with E-state index in [0.29, 0.717) is 24.1 Å². The lowest BCUT2D eigenvalue weighted by Crippen LogP contribution is -2.24. The molecule has 0 aliphatic heterocycles. The average Bonchev–Trinajstić information content (AvgIpc) is 2.45. The monoisotopic (exact) mass is 313 g/mol. The van der Waals surface area contributed by atoms with Gasteiger partial charge in [0.05, 0.1) is 0 Å². The molecule has 0 aliphatic rings. The Balaban J connectivity index is 2.35. The molecule has 2 rings (SSSR count). The van der Waals surface area contributed by atoms with Gasteiger partial charge < -0.3 is 5.32 Å². The molecule has 1 N–H and O–H groups in total. The molecule has 1 nitrogen and oxygen atoms in total. The molecule has 0 aromatic heterocycles. The number of hydrogen-bond acceptors (Lipinski definition) is 1. The van der Waals surface area contributed by atoms with E-state index < -0.39 is 17.7 Å². The van der Waals surface area contributed by atoms with Crippen molar-refractivity contribution in [1.82, 2.24) is 5.32 Å². The first-order chi connectivity index (χ1) is 10.0. The molecule has 0 amide bonds. The van der Waals surface area contributed by atoms with Gasteiger partial charge in [0, 0.05) is 11.1 Å². The van der Waals surface area contributed by atoms with Gasteiger partial charge in [-0.25, -0.2) is 13.2 Å². The predicted molar refractivity (Wildman–Crippen MR) is 77.9 cm³/mol. The highest BCUT2D eigenvalue weighted by atomic mass is 35.5. The quantitative estimate of drug-likeness (QED) is 0.792. The Hall–Kier alpha value is -1.52. The molecule has 0 heterocycles. The van der Waals surface area contributed by atoms with E-state index in [9.17, 15) is 13.2 Å². The molecule has 2 aromatic rings. The Labute approximate surface area is 126 Å². The van der Waals surface area contributed by atoms with Crippen LogP contribution in [0.25, 0.3) is 0 Å². The van der Waals surface area contributed by atoms with Crippen molar-refractivity contribution in [1.29, 1.82) is 0 Å². The zero-order valence-electron chi connectivity index (χ0n) is 11.5. The van der Waals surface area contributed by atoms with Crippen LogP contribution in [-0.2, 0) is 6.42 Å². The summed E-state index contributed by atoms with van der Waals surface area (Å²) >= 11 is 6.00. The van der Waals surface area contributed by atoms with Crippen LogP contribution in [-0.4, -0.2) is 6.54 Å². The third-order valence-electron chi connectivity index (χ3n) is 3.25. The Morgan fingerprint density at radius 3 is 2.38 bits per heavy atom. The van der Waals surface area contributed by atoms with Crippen molar-refractivity contribution >= 4 is 11.6 Å². The Kier molecular flexibility index (Phi) is 5.26.